The zero-order valence-electron chi connectivity index (χ0n) is 4.03. The largest absolute Gasteiger partial charge is 0.410 e. The maximum absolute atomic E-state index is 8.18. The summed E-state index contributed by atoms with van der Waals surface area (Å²) in [5, 5.41) is 11.2. The van der Waals surface area contributed by atoms with Gasteiger partial charge in [0.25, 0.3) is 0 Å². The molecule has 1 heterocycles. The van der Waals surface area contributed by atoms with Crippen molar-refractivity contribution in [1.29, 1.82) is 0 Å². The van der Waals surface area contributed by atoms with E-state index in [0.29, 0.717) is 16.3 Å². The lowest BCUT2D eigenvalue weighted by atomic mass is 11.5. The maximum Gasteiger partial charge on any atom is 0.173 e. The topological polar surface area (TPSA) is 41.8 Å². The van der Waals surface area contributed by atoms with E-state index in [0.717, 1.165) is 0 Å². The van der Waals surface area contributed by atoms with Crippen molar-refractivity contribution in [3.63, 3.8) is 0 Å². The quantitative estimate of drug-likeness (QED) is 0.416. The minimum atomic E-state index is 0.604. The SMILES string of the molecule is ON=C1SCOCS1. The van der Waals surface area contributed by atoms with Crippen LogP contribution in [0.2, 0.25) is 0 Å². The second kappa shape index (κ2) is 3.21. The van der Waals surface area contributed by atoms with Crippen molar-refractivity contribution in [2.75, 3.05) is 11.9 Å². The highest BCUT2D eigenvalue weighted by atomic mass is 32.2. The van der Waals surface area contributed by atoms with Crippen LogP contribution in [0.1, 0.15) is 0 Å². The molecule has 1 N–H and O–H groups in total. The van der Waals surface area contributed by atoms with E-state index < -0.39 is 0 Å². The predicted octanol–water partition coefficient (Wildman–Crippen LogP) is 1.14. The maximum atomic E-state index is 8.18. The van der Waals surface area contributed by atoms with Crippen LogP contribution in [0.5, 0.6) is 0 Å². The minimum absolute atomic E-state index is 0.604. The van der Waals surface area contributed by atoms with Gasteiger partial charge in [0.15, 0.2) is 4.38 Å². The molecule has 0 aromatic heterocycles. The smallest absolute Gasteiger partial charge is 0.173 e. The summed E-state index contributed by atoms with van der Waals surface area (Å²) in [4.78, 5) is 0. The van der Waals surface area contributed by atoms with Gasteiger partial charge in [0.05, 0.1) is 11.9 Å². The van der Waals surface area contributed by atoms with Crippen LogP contribution < -0.4 is 0 Å². The number of rotatable bonds is 0. The molecule has 0 aliphatic carbocycles. The van der Waals surface area contributed by atoms with Gasteiger partial charge in [0.1, 0.15) is 0 Å². The molecule has 0 atom stereocenters. The molecule has 0 spiro atoms. The highest BCUT2D eigenvalue weighted by molar-refractivity contribution is 8.39. The van der Waals surface area contributed by atoms with Gasteiger partial charge in [-0.1, -0.05) is 28.7 Å². The van der Waals surface area contributed by atoms with Crippen molar-refractivity contribution in [2.45, 2.75) is 0 Å². The monoisotopic (exact) mass is 151 g/mol. The molecule has 0 aromatic rings. The van der Waals surface area contributed by atoms with Crippen molar-refractivity contribution in [2.24, 2.45) is 5.16 Å². The van der Waals surface area contributed by atoms with E-state index in [9.17, 15) is 0 Å². The van der Waals surface area contributed by atoms with Crippen molar-refractivity contribution < 1.29 is 9.94 Å². The third kappa shape index (κ3) is 1.57. The zero-order valence-corrected chi connectivity index (χ0v) is 5.67. The molecule has 0 saturated carbocycles. The third-order valence-corrected chi connectivity index (χ3v) is 2.55. The third-order valence-electron chi connectivity index (χ3n) is 0.613. The molecule has 1 rings (SSSR count). The molecule has 1 aliphatic rings. The fourth-order valence-corrected chi connectivity index (χ4v) is 1.70. The molecule has 0 aromatic carbocycles. The standard InChI is InChI=1S/C3H5NO2S2/c5-4-3-7-1-6-2-8-3/h5H,1-2H2. The molecule has 0 amide bonds. The van der Waals surface area contributed by atoms with Gasteiger partial charge in [-0.2, -0.15) is 0 Å². The van der Waals surface area contributed by atoms with Crippen molar-refractivity contribution in [3.05, 3.63) is 0 Å². The Hall–Kier alpha value is 0.130. The van der Waals surface area contributed by atoms with Crippen LogP contribution in [0.4, 0.5) is 0 Å². The lowest BCUT2D eigenvalue weighted by Crippen LogP contribution is -2.02. The van der Waals surface area contributed by atoms with Crippen LogP contribution in [-0.2, 0) is 4.74 Å². The average Bonchev–Trinajstić information content (AvgIpc) is 1.90. The Bertz CT molecular complexity index is 97.5. The first-order valence-corrected chi connectivity index (χ1v) is 3.96. The highest BCUT2D eigenvalue weighted by Crippen LogP contribution is 2.22. The molecule has 8 heavy (non-hydrogen) atoms. The molecule has 0 radical (unpaired) electrons. The average molecular weight is 151 g/mol. The number of hydrogen-bond acceptors (Lipinski definition) is 5. The van der Waals surface area contributed by atoms with Crippen LogP contribution in [0, 0.1) is 0 Å². The molecule has 1 aliphatic heterocycles. The van der Waals surface area contributed by atoms with Gasteiger partial charge in [0, 0.05) is 0 Å². The molecule has 0 bridgehead atoms. The molecule has 1 saturated heterocycles. The van der Waals surface area contributed by atoms with Crippen LogP contribution in [0.15, 0.2) is 5.16 Å². The Kier molecular flexibility index (Phi) is 2.51. The van der Waals surface area contributed by atoms with Gasteiger partial charge < -0.3 is 9.94 Å². The lowest BCUT2D eigenvalue weighted by molar-refractivity contribution is 0.240. The lowest BCUT2D eigenvalue weighted by Gasteiger charge is -2.09. The van der Waals surface area contributed by atoms with Crippen LogP contribution in [0.3, 0.4) is 0 Å². The van der Waals surface area contributed by atoms with Crippen molar-refractivity contribution in [1.82, 2.24) is 0 Å². The Morgan fingerprint density at radius 1 is 1.50 bits per heavy atom. The van der Waals surface area contributed by atoms with Gasteiger partial charge in [-0.15, -0.1) is 0 Å². The van der Waals surface area contributed by atoms with Crippen LogP contribution in [0.25, 0.3) is 0 Å². The fourth-order valence-electron chi connectivity index (χ4n) is 0.318. The van der Waals surface area contributed by atoms with E-state index in [1.165, 1.54) is 23.5 Å². The Labute approximate surface area is 55.5 Å². The Morgan fingerprint density at radius 3 is 2.50 bits per heavy atom. The first-order chi connectivity index (χ1) is 3.93. The number of thioether (sulfide) groups is 2. The molecule has 46 valence electrons. The first-order valence-electron chi connectivity index (χ1n) is 1.99. The van der Waals surface area contributed by atoms with Gasteiger partial charge >= 0.3 is 0 Å². The summed E-state index contributed by atoms with van der Waals surface area (Å²) >= 11 is 2.81. The summed E-state index contributed by atoms with van der Waals surface area (Å²) in [5.41, 5.74) is 0. The number of ether oxygens (including phenoxy) is 1. The number of nitrogens with zero attached hydrogens (tertiary/aromatic N) is 1. The number of hydrogen-bond donors (Lipinski definition) is 1. The molecule has 3 nitrogen and oxygen atoms in total. The summed E-state index contributed by atoms with van der Waals surface area (Å²) in [6, 6.07) is 0. The molecular weight excluding hydrogens is 146 g/mol. The minimum Gasteiger partial charge on any atom is -0.410 e. The van der Waals surface area contributed by atoms with Crippen LogP contribution in [-0.4, -0.2) is 21.5 Å². The molecule has 0 unspecified atom stereocenters. The predicted molar refractivity (Wildman–Crippen MR) is 35.2 cm³/mol. The zero-order chi connectivity index (χ0) is 5.82. The normalized spacial score (nSPS) is 20.8. The Morgan fingerprint density at radius 2 is 2.12 bits per heavy atom. The van der Waals surface area contributed by atoms with Crippen molar-refractivity contribution in [3.8, 4) is 0 Å². The van der Waals surface area contributed by atoms with Gasteiger partial charge in [0.2, 0.25) is 0 Å². The summed E-state index contributed by atoms with van der Waals surface area (Å²) in [6.07, 6.45) is 0. The van der Waals surface area contributed by atoms with E-state index in [1.807, 2.05) is 0 Å². The number of oxime groups is 1. The van der Waals surface area contributed by atoms with Gasteiger partial charge in [-0.3, -0.25) is 0 Å². The molecule has 1 fully saturated rings. The highest BCUT2D eigenvalue weighted by Gasteiger charge is 2.07. The first kappa shape index (κ1) is 6.25. The van der Waals surface area contributed by atoms with E-state index in [2.05, 4.69) is 5.16 Å². The summed E-state index contributed by atoms with van der Waals surface area (Å²) in [7, 11) is 0. The molecule has 5 heteroatoms. The van der Waals surface area contributed by atoms with E-state index in [4.69, 9.17) is 9.94 Å². The second-order valence-electron chi connectivity index (χ2n) is 1.09. The fraction of sp³-hybridized carbons (Fsp3) is 0.667. The summed E-state index contributed by atoms with van der Waals surface area (Å²) in [6.45, 7) is 0. The van der Waals surface area contributed by atoms with Crippen molar-refractivity contribution >= 4 is 27.9 Å². The van der Waals surface area contributed by atoms with E-state index >= 15 is 0 Å². The Balaban J connectivity index is 2.33. The second-order valence-corrected chi connectivity index (χ2v) is 3.17. The summed E-state index contributed by atoms with van der Waals surface area (Å²) in [5.74, 6) is 1.21. The van der Waals surface area contributed by atoms with Crippen LogP contribution >= 0.6 is 23.5 Å². The molecular formula is C3H5NO2S2. The van der Waals surface area contributed by atoms with E-state index in [1.54, 1.807) is 0 Å². The summed E-state index contributed by atoms with van der Waals surface area (Å²) < 4.78 is 5.63. The van der Waals surface area contributed by atoms with Gasteiger partial charge in [-0.25, -0.2) is 0 Å². The van der Waals surface area contributed by atoms with Gasteiger partial charge in [-0.05, 0) is 0 Å². The van der Waals surface area contributed by atoms with E-state index in [-0.39, 0.29) is 0 Å².